The van der Waals surface area contributed by atoms with Crippen molar-refractivity contribution in [1.29, 1.82) is 0 Å². The number of nitrogens with one attached hydrogen (secondary N) is 1. The summed E-state index contributed by atoms with van der Waals surface area (Å²) in [7, 11) is 1.32. The summed E-state index contributed by atoms with van der Waals surface area (Å²) in [5.74, 6) is -0.455. The average Bonchev–Trinajstić information content (AvgIpc) is 2.81. The van der Waals surface area contributed by atoms with Gasteiger partial charge in [-0.15, -0.1) is 0 Å². The number of unbranched alkanes of at least 4 members (excludes halogenated alkanes) is 1. The van der Waals surface area contributed by atoms with Crippen molar-refractivity contribution in [3.8, 4) is 0 Å². The van der Waals surface area contributed by atoms with Gasteiger partial charge in [0.25, 0.3) is 0 Å². The van der Waals surface area contributed by atoms with Crippen molar-refractivity contribution in [3.05, 3.63) is 28.5 Å². The van der Waals surface area contributed by atoms with Crippen LogP contribution in [0.3, 0.4) is 0 Å². The van der Waals surface area contributed by atoms with Crippen LogP contribution in [0, 0.1) is 0 Å². The second-order valence-corrected chi connectivity index (χ2v) is 4.57. The second-order valence-electron chi connectivity index (χ2n) is 4.19. The molecule has 0 radical (unpaired) electrons. The number of fused-ring (bicyclic) bond motifs is 1. The predicted octanol–water partition coefficient (Wildman–Crippen LogP) is 3.30. The number of methoxy groups -OCH3 is 1. The number of ether oxygens (including phenoxy) is 1. The Bertz CT molecular complexity index is 598. The number of nitrogens with zero attached hydrogens (tertiary/aromatic N) is 1. The summed E-state index contributed by atoms with van der Waals surface area (Å²) in [4.78, 5) is 18.6. The standard InChI is InChI=1S/C13H14ClFN2O2/c1-19-13(18)10-7-9-12(17-10)8(4-2-3-5-15)6-11(14)16-9/h6-7,17H,2-5H2,1H3. The minimum atomic E-state index is -0.455. The molecule has 0 aliphatic carbocycles. The maximum absolute atomic E-state index is 12.1. The van der Waals surface area contributed by atoms with Gasteiger partial charge in [0.1, 0.15) is 10.8 Å². The van der Waals surface area contributed by atoms with Crippen molar-refractivity contribution in [2.75, 3.05) is 13.8 Å². The first-order valence-electron chi connectivity index (χ1n) is 5.98. The molecule has 0 spiro atoms. The molecular weight excluding hydrogens is 271 g/mol. The fourth-order valence-electron chi connectivity index (χ4n) is 1.97. The molecule has 6 heteroatoms. The van der Waals surface area contributed by atoms with Crippen molar-refractivity contribution >= 4 is 28.6 Å². The molecule has 0 fully saturated rings. The van der Waals surface area contributed by atoms with Gasteiger partial charge in [-0.1, -0.05) is 11.6 Å². The topological polar surface area (TPSA) is 55.0 Å². The molecule has 0 aliphatic heterocycles. The average molecular weight is 285 g/mol. The van der Waals surface area contributed by atoms with E-state index in [9.17, 15) is 9.18 Å². The van der Waals surface area contributed by atoms with Crippen LogP contribution in [0.4, 0.5) is 4.39 Å². The highest BCUT2D eigenvalue weighted by Crippen LogP contribution is 2.23. The summed E-state index contributed by atoms with van der Waals surface area (Å²) in [5.41, 5.74) is 2.63. The largest absolute Gasteiger partial charge is 0.464 e. The van der Waals surface area contributed by atoms with E-state index in [0.29, 0.717) is 29.2 Å². The van der Waals surface area contributed by atoms with Crippen molar-refractivity contribution in [3.63, 3.8) is 0 Å². The highest BCUT2D eigenvalue weighted by Gasteiger charge is 2.13. The molecule has 0 aromatic carbocycles. The Morgan fingerprint density at radius 3 is 2.95 bits per heavy atom. The zero-order valence-corrected chi connectivity index (χ0v) is 11.3. The molecule has 0 amide bonds. The van der Waals surface area contributed by atoms with E-state index in [1.54, 1.807) is 12.1 Å². The number of aromatic amines is 1. The van der Waals surface area contributed by atoms with Gasteiger partial charge >= 0.3 is 5.97 Å². The fourth-order valence-corrected chi connectivity index (χ4v) is 2.19. The van der Waals surface area contributed by atoms with Crippen LogP contribution in [0.1, 0.15) is 28.9 Å². The molecule has 0 aliphatic rings. The van der Waals surface area contributed by atoms with Gasteiger partial charge in [0, 0.05) is 0 Å². The first-order chi connectivity index (χ1) is 9.15. The molecule has 2 aromatic rings. The number of hydrogen-bond acceptors (Lipinski definition) is 3. The zero-order valence-electron chi connectivity index (χ0n) is 10.5. The monoisotopic (exact) mass is 284 g/mol. The number of carbonyl (C=O) groups is 1. The van der Waals surface area contributed by atoms with Gasteiger partial charge in [0.05, 0.1) is 24.8 Å². The van der Waals surface area contributed by atoms with Gasteiger partial charge in [-0.3, -0.25) is 4.39 Å². The Labute approximate surface area is 114 Å². The highest BCUT2D eigenvalue weighted by atomic mass is 35.5. The molecule has 0 saturated carbocycles. The summed E-state index contributed by atoms with van der Waals surface area (Å²) in [6.45, 7) is -0.333. The number of carbonyl (C=O) groups excluding carboxylic acids is 1. The number of hydrogen-bond donors (Lipinski definition) is 1. The van der Waals surface area contributed by atoms with Crippen LogP contribution >= 0.6 is 11.6 Å². The van der Waals surface area contributed by atoms with E-state index in [1.807, 2.05) is 0 Å². The van der Waals surface area contributed by atoms with Crippen LogP contribution < -0.4 is 0 Å². The molecule has 1 N–H and O–H groups in total. The predicted molar refractivity (Wildman–Crippen MR) is 71.4 cm³/mol. The van der Waals surface area contributed by atoms with Gasteiger partial charge < -0.3 is 9.72 Å². The number of rotatable bonds is 5. The van der Waals surface area contributed by atoms with E-state index in [-0.39, 0.29) is 6.67 Å². The normalized spacial score (nSPS) is 10.9. The quantitative estimate of drug-likeness (QED) is 0.521. The molecule has 2 rings (SSSR count). The van der Waals surface area contributed by atoms with Crippen molar-refractivity contribution in [2.24, 2.45) is 0 Å². The second kappa shape index (κ2) is 6.02. The number of alkyl halides is 1. The lowest BCUT2D eigenvalue weighted by atomic mass is 10.1. The third-order valence-corrected chi connectivity index (χ3v) is 3.07. The summed E-state index contributed by atoms with van der Waals surface area (Å²) in [6, 6.07) is 3.34. The highest BCUT2D eigenvalue weighted by molar-refractivity contribution is 6.29. The van der Waals surface area contributed by atoms with E-state index in [4.69, 9.17) is 11.6 Å². The first kappa shape index (κ1) is 13.8. The van der Waals surface area contributed by atoms with Crippen LogP contribution in [-0.2, 0) is 11.2 Å². The van der Waals surface area contributed by atoms with Gasteiger partial charge in [0.2, 0.25) is 0 Å². The molecule has 102 valence electrons. The maximum Gasteiger partial charge on any atom is 0.354 e. The van der Waals surface area contributed by atoms with Crippen molar-refractivity contribution in [2.45, 2.75) is 19.3 Å². The Morgan fingerprint density at radius 1 is 1.47 bits per heavy atom. The third-order valence-electron chi connectivity index (χ3n) is 2.87. The van der Waals surface area contributed by atoms with E-state index in [2.05, 4.69) is 14.7 Å². The summed E-state index contributed by atoms with van der Waals surface area (Å²) in [6.07, 6.45) is 1.91. The van der Waals surface area contributed by atoms with Gasteiger partial charge in [-0.25, -0.2) is 9.78 Å². The molecule has 0 saturated heterocycles. The Kier molecular flexibility index (Phi) is 4.37. The smallest absolute Gasteiger partial charge is 0.354 e. The lowest BCUT2D eigenvalue weighted by Crippen LogP contribution is -2.00. The van der Waals surface area contributed by atoms with Crippen LogP contribution in [0.2, 0.25) is 5.15 Å². The molecule has 4 nitrogen and oxygen atoms in total. The molecule has 19 heavy (non-hydrogen) atoms. The zero-order chi connectivity index (χ0) is 13.8. The summed E-state index contributed by atoms with van der Waals surface area (Å²) < 4.78 is 16.8. The van der Waals surface area contributed by atoms with Gasteiger partial charge in [-0.2, -0.15) is 0 Å². The number of aromatic nitrogens is 2. The Hall–Kier alpha value is -1.62. The van der Waals surface area contributed by atoms with Crippen LogP contribution in [0.5, 0.6) is 0 Å². The minimum absolute atomic E-state index is 0.332. The van der Waals surface area contributed by atoms with Crippen molar-refractivity contribution in [1.82, 2.24) is 9.97 Å². The molecular formula is C13H14ClFN2O2. The molecule has 2 aromatic heterocycles. The van der Waals surface area contributed by atoms with Crippen molar-refractivity contribution < 1.29 is 13.9 Å². The van der Waals surface area contributed by atoms with Crippen LogP contribution in [-0.4, -0.2) is 29.7 Å². The summed E-state index contributed by atoms with van der Waals surface area (Å²) >= 11 is 5.94. The molecule has 0 unspecified atom stereocenters. The number of aryl methyl sites for hydroxylation is 1. The molecule has 0 bridgehead atoms. The van der Waals surface area contributed by atoms with Crippen LogP contribution in [0.25, 0.3) is 11.0 Å². The van der Waals surface area contributed by atoms with E-state index < -0.39 is 5.97 Å². The number of pyridine rings is 1. The Morgan fingerprint density at radius 2 is 2.26 bits per heavy atom. The summed E-state index contributed by atoms with van der Waals surface area (Å²) in [5, 5.41) is 0.359. The van der Waals surface area contributed by atoms with Gasteiger partial charge in [0.15, 0.2) is 0 Å². The lowest BCUT2D eigenvalue weighted by molar-refractivity contribution is 0.0595. The lowest BCUT2D eigenvalue weighted by Gasteiger charge is -2.03. The first-order valence-corrected chi connectivity index (χ1v) is 6.36. The molecule has 2 heterocycles. The van der Waals surface area contributed by atoms with E-state index >= 15 is 0 Å². The third kappa shape index (κ3) is 3.04. The molecule has 0 atom stereocenters. The minimum Gasteiger partial charge on any atom is -0.464 e. The fraction of sp³-hybridized carbons (Fsp3) is 0.385. The SMILES string of the molecule is COC(=O)c1cc2nc(Cl)cc(CCCCF)c2[nH]1. The Balaban J connectivity index is 2.38. The number of esters is 1. The van der Waals surface area contributed by atoms with E-state index in [0.717, 1.165) is 17.5 Å². The van der Waals surface area contributed by atoms with Gasteiger partial charge in [-0.05, 0) is 37.0 Å². The number of halogens is 2. The van der Waals surface area contributed by atoms with Crippen LogP contribution in [0.15, 0.2) is 12.1 Å². The van der Waals surface area contributed by atoms with E-state index in [1.165, 1.54) is 7.11 Å². The maximum atomic E-state index is 12.1. The number of H-pyrrole nitrogens is 1.